The van der Waals surface area contributed by atoms with Crippen LogP contribution in [-0.4, -0.2) is 79.9 Å². The summed E-state index contributed by atoms with van der Waals surface area (Å²) in [5, 5.41) is 16.1. The summed E-state index contributed by atoms with van der Waals surface area (Å²) in [5.41, 5.74) is 0. The molecule has 3 fully saturated rings. The van der Waals surface area contributed by atoms with Gasteiger partial charge in [-0.2, -0.15) is 4.31 Å². The van der Waals surface area contributed by atoms with Gasteiger partial charge in [-0.1, -0.05) is 59.3 Å². The molecule has 0 saturated heterocycles. The molecule has 3 rings (SSSR count). The van der Waals surface area contributed by atoms with E-state index in [2.05, 4.69) is 17.6 Å². The lowest BCUT2D eigenvalue weighted by atomic mass is 9.84. The van der Waals surface area contributed by atoms with E-state index >= 15 is 0 Å². The van der Waals surface area contributed by atoms with Crippen LogP contribution in [0, 0.1) is 23.7 Å². The van der Waals surface area contributed by atoms with Gasteiger partial charge in [0, 0.05) is 32.7 Å². The Labute approximate surface area is 274 Å². The van der Waals surface area contributed by atoms with Gasteiger partial charge in [0.2, 0.25) is 21.8 Å². The van der Waals surface area contributed by atoms with Gasteiger partial charge in [0.1, 0.15) is 6.04 Å². The lowest BCUT2D eigenvalue weighted by Crippen LogP contribution is -2.49. The number of rotatable bonds is 18. The van der Waals surface area contributed by atoms with Crippen LogP contribution in [0.5, 0.6) is 0 Å². The molecule has 262 valence electrons. The summed E-state index contributed by atoms with van der Waals surface area (Å²) in [5.74, 6) is 1.37. The van der Waals surface area contributed by atoms with Crippen LogP contribution in [0.3, 0.4) is 0 Å². The van der Waals surface area contributed by atoms with Gasteiger partial charge >= 0.3 is 0 Å². The summed E-state index contributed by atoms with van der Waals surface area (Å²) in [7, 11) is -1.75. The fourth-order valence-corrected chi connectivity index (χ4v) is 10.1. The zero-order chi connectivity index (χ0) is 32.8. The first-order valence-electron chi connectivity index (χ1n) is 18.2. The van der Waals surface area contributed by atoms with Crippen molar-refractivity contribution in [3.05, 3.63) is 0 Å². The van der Waals surface area contributed by atoms with Crippen molar-refractivity contribution in [2.45, 2.75) is 160 Å². The maximum Gasteiger partial charge on any atom is 0.242 e. The third kappa shape index (κ3) is 12.7. The van der Waals surface area contributed by atoms with Crippen LogP contribution >= 0.6 is 0 Å². The van der Waals surface area contributed by atoms with Crippen LogP contribution in [0.1, 0.15) is 136 Å². The molecule has 0 bridgehead atoms. The molecule has 0 spiro atoms. The Balaban J connectivity index is 1.50. The molecule has 3 aliphatic carbocycles. The molecular formula is C35H65N3O6S. The Morgan fingerprint density at radius 2 is 1.58 bits per heavy atom. The summed E-state index contributed by atoms with van der Waals surface area (Å²) >= 11 is 0. The van der Waals surface area contributed by atoms with Crippen molar-refractivity contribution in [1.29, 1.82) is 0 Å². The predicted molar refractivity (Wildman–Crippen MR) is 180 cm³/mol. The van der Waals surface area contributed by atoms with E-state index in [1.54, 1.807) is 11.4 Å². The van der Waals surface area contributed by atoms with Crippen molar-refractivity contribution in [3.8, 4) is 0 Å². The quantitative estimate of drug-likeness (QED) is 0.166. The number of nitrogens with zero attached hydrogens (tertiary/aromatic N) is 1. The van der Waals surface area contributed by atoms with Gasteiger partial charge in [0.05, 0.1) is 18.0 Å². The first-order valence-corrected chi connectivity index (χ1v) is 19.7. The maximum absolute atomic E-state index is 13.7. The first kappa shape index (κ1) is 38.2. The molecule has 0 heterocycles. The smallest absolute Gasteiger partial charge is 0.242 e. The Hall–Kier alpha value is -1.23. The number of nitrogens with one attached hydrogen (secondary N) is 2. The monoisotopic (exact) mass is 655 g/mol. The van der Waals surface area contributed by atoms with Crippen LogP contribution in [0.15, 0.2) is 0 Å². The van der Waals surface area contributed by atoms with Gasteiger partial charge in [0.15, 0.2) is 0 Å². The molecule has 2 atom stereocenters. The number of aliphatic hydroxyl groups is 1. The van der Waals surface area contributed by atoms with E-state index in [1.165, 1.54) is 19.3 Å². The summed E-state index contributed by atoms with van der Waals surface area (Å²) in [6.07, 6.45) is 16.4. The van der Waals surface area contributed by atoms with E-state index in [0.717, 1.165) is 51.4 Å². The van der Waals surface area contributed by atoms with Crippen LogP contribution in [0.25, 0.3) is 0 Å². The van der Waals surface area contributed by atoms with Crippen LogP contribution in [0.4, 0.5) is 0 Å². The minimum atomic E-state index is -3.51. The highest BCUT2D eigenvalue weighted by Gasteiger charge is 2.38. The summed E-state index contributed by atoms with van der Waals surface area (Å²) in [4.78, 5) is 26.4. The average molecular weight is 656 g/mol. The maximum atomic E-state index is 13.7. The average Bonchev–Trinajstić information content (AvgIpc) is 3.02. The Kier molecular flexibility index (Phi) is 16.6. The highest BCUT2D eigenvalue weighted by Crippen LogP contribution is 2.32. The number of ether oxygens (including phenoxy) is 1. The minimum Gasteiger partial charge on any atom is -0.395 e. The van der Waals surface area contributed by atoms with Crippen molar-refractivity contribution in [1.82, 2.24) is 14.9 Å². The molecule has 45 heavy (non-hydrogen) atoms. The second-order valence-electron chi connectivity index (χ2n) is 15.0. The van der Waals surface area contributed by atoms with E-state index in [1.807, 2.05) is 13.8 Å². The fourth-order valence-electron chi connectivity index (χ4n) is 7.78. The SMILES string of the molecule is COC1CCC(CC(=O)N[C@@H](CC2CCCCC2)C(=O)NCCCC[C@@H](CO)N(CC(C)C)S(=O)(=O)C2CCC(C)CC2)CC1. The number of methoxy groups -OCH3 is 1. The standard InChI is InChI=1S/C35H65N3O6S/c1-26(2)24-38(45(42,43)32-19-13-27(3)14-20-32)30(25-39)12-8-9-21-36-35(41)33(22-28-10-6-5-7-11-28)37-34(40)23-29-15-17-31(44-4)18-16-29/h26-33,39H,5-25H2,1-4H3,(H,36,41)(H,37,40)/t27?,29?,30-,31?,32?,33-/m0/s1. The van der Waals surface area contributed by atoms with Gasteiger partial charge in [-0.3, -0.25) is 9.59 Å². The van der Waals surface area contributed by atoms with E-state index < -0.39 is 22.1 Å². The third-order valence-electron chi connectivity index (χ3n) is 10.7. The Morgan fingerprint density at radius 3 is 2.18 bits per heavy atom. The van der Waals surface area contributed by atoms with Crippen LogP contribution < -0.4 is 10.6 Å². The van der Waals surface area contributed by atoms with Gasteiger partial charge < -0.3 is 20.5 Å². The lowest BCUT2D eigenvalue weighted by Gasteiger charge is -2.36. The zero-order valence-electron chi connectivity index (χ0n) is 28.8. The minimum absolute atomic E-state index is 0.0310. The lowest BCUT2D eigenvalue weighted by molar-refractivity contribution is -0.130. The van der Waals surface area contributed by atoms with Crippen molar-refractivity contribution < 1.29 is 27.9 Å². The van der Waals surface area contributed by atoms with Crippen molar-refractivity contribution in [2.75, 3.05) is 26.8 Å². The van der Waals surface area contributed by atoms with E-state index in [4.69, 9.17) is 4.74 Å². The number of unbranched alkanes of at least 4 members (excludes halogenated alkanes) is 1. The van der Waals surface area contributed by atoms with Crippen LogP contribution in [-0.2, 0) is 24.3 Å². The summed E-state index contributed by atoms with van der Waals surface area (Å²) in [6, 6.07) is -0.976. The van der Waals surface area contributed by atoms with Gasteiger partial charge in [0.25, 0.3) is 0 Å². The largest absolute Gasteiger partial charge is 0.395 e. The number of carbonyl (C=O) groups excluding carboxylic acids is 2. The molecule has 9 nitrogen and oxygen atoms in total. The molecule has 0 aromatic rings. The highest BCUT2D eigenvalue weighted by atomic mass is 32.2. The van der Waals surface area contributed by atoms with E-state index in [-0.39, 0.29) is 29.6 Å². The summed E-state index contributed by atoms with van der Waals surface area (Å²) in [6.45, 7) is 6.89. The molecule has 3 saturated carbocycles. The molecule has 3 aliphatic rings. The molecule has 0 unspecified atom stereocenters. The van der Waals surface area contributed by atoms with Gasteiger partial charge in [-0.05, 0) is 94.3 Å². The zero-order valence-corrected chi connectivity index (χ0v) is 29.6. The Morgan fingerprint density at radius 1 is 0.911 bits per heavy atom. The predicted octanol–water partition coefficient (Wildman–Crippen LogP) is 5.55. The third-order valence-corrected chi connectivity index (χ3v) is 13.1. The molecule has 10 heteroatoms. The molecule has 2 amide bonds. The number of carbonyl (C=O) groups is 2. The van der Waals surface area contributed by atoms with Gasteiger partial charge in [-0.15, -0.1) is 0 Å². The topological polar surface area (TPSA) is 125 Å². The van der Waals surface area contributed by atoms with E-state index in [9.17, 15) is 23.1 Å². The molecular weight excluding hydrogens is 590 g/mol. The second kappa shape index (κ2) is 19.6. The number of hydrogen-bond donors (Lipinski definition) is 3. The number of sulfonamides is 1. The normalized spacial score (nSPS) is 26.5. The fraction of sp³-hybridized carbons (Fsp3) is 0.943. The second-order valence-corrected chi connectivity index (χ2v) is 17.1. The first-order chi connectivity index (χ1) is 21.5. The highest BCUT2D eigenvalue weighted by molar-refractivity contribution is 7.89. The number of aliphatic hydroxyl groups excluding tert-OH is 1. The molecule has 0 aromatic heterocycles. The van der Waals surface area contributed by atoms with Crippen LogP contribution in [0.2, 0.25) is 0 Å². The molecule has 0 radical (unpaired) electrons. The molecule has 3 N–H and O–H groups in total. The Bertz CT molecular complexity index is 970. The van der Waals surface area contributed by atoms with Crippen molar-refractivity contribution >= 4 is 21.8 Å². The van der Waals surface area contributed by atoms with Crippen molar-refractivity contribution in [3.63, 3.8) is 0 Å². The molecule has 0 aromatic carbocycles. The van der Waals surface area contributed by atoms with Gasteiger partial charge in [-0.25, -0.2) is 8.42 Å². The number of hydrogen-bond acceptors (Lipinski definition) is 6. The molecule has 0 aliphatic heterocycles. The van der Waals surface area contributed by atoms with E-state index in [0.29, 0.717) is 81.9 Å². The van der Waals surface area contributed by atoms with Crippen molar-refractivity contribution in [2.24, 2.45) is 23.7 Å². The summed E-state index contributed by atoms with van der Waals surface area (Å²) < 4.78 is 34.5. The number of amides is 2.